The molecule has 1 rings (SSSR count). The molecular formula is C14H26O. The van der Waals surface area contributed by atoms with Crippen LogP contribution in [0.25, 0.3) is 0 Å². The summed E-state index contributed by atoms with van der Waals surface area (Å²) >= 11 is 0. The third kappa shape index (κ3) is 6.72. The lowest BCUT2D eigenvalue weighted by Crippen LogP contribution is -2.19. The number of rotatable bonds is 5. The third-order valence-corrected chi connectivity index (χ3v) is 2.86. The molecule has 1 atom stereocenters. The van der Waals surface area contributed by atoms with E-state index in [1.165, 1.54) is 38.5 Å². The van der Waals surface area contributed by atoms with Crippen LogP contribution in [0.4, 0.5) is 0 Å². The topological polar surface area (TPSA) is 9.23 Å². The van der Waals surface area contributed by atoms with E-state index >= 15 is 0 Å². The molecule has 0 aromatic rings. The Labute approximate surface area is 94.9 Å². The highest BCUT2D eigenvalue weighted by Crippen LogP contribution is 2.22. The molecule has 0 bridgehead atoms. The summed E-state index contributed by atoms with van der Waals surface area (Å²) in [6.07, 6.45) is 12.7. The van der Waals surface area contributed by atoms with E-state index < -0.39 is 0 Å². The van der Waals surface area contributed by atoms with Crippen molar-refractivity contribution in [3.63, 3.8) is 0 Å². The SMILES string of the molecule is CC(C)(C)OCCCCC1C=CCCC1. The minimum Gasteiger partial charge on any atom is -0.376 e. The van der Waals surface area contributed by atoms with Crippen molar-refractivity contribution >= 4 is 0 Å². The number of hydrogen-bond donors (Lipinski definition) is 0. The van der Waals surface area contributed by atoms with E-state index in [2.05, 4.69) is 32.9 Å². The minimum atomic E-state index is 0.0325. The number of hydrogen-bond acceptors (Lipinski definition) is 1. The summed E-state index contributed by atoms with van der Waals surface area (Å²) < 4.78 is 5.70. The van der Waals surface area contributed by atoms with Gasteiger partial charge in [0.15, 0.2) is 0 Å². The van der Waals surface area contributed by atoms with Gasteiger partial charge in [-0.15, -0.1) is 0 Å². The highest BCUT2D eigenvalue weighted by molar-refractivity contribution is 4.92. The monoisotopic (exact) mass is 210 g/mol. The molecule has 0 heterocycles. The van der Waals surface area contributed by atoms with Gasteiger partial charge in [-0.2, -0.15) is 0 Å². The zero-order valence-corrected chi connectivity index (χ0v) is 10.6. The van der Waals surface area contributed by atoms with Crippen LogP contribution >= 0.6 is 0 Å². The van der Waals surface area contributed by atoms with Crippen LogP contribution in [-0.4, -0.2) is 12.2 Å². The molecule has 0 radical (unpaired) electrons. The van der Waals surface area contributed by atoms with Crippen LogP contribution in [0.15, 0.2) is 12.2 Å². The quantitative estimate of drug-likeness (QED) is 0.485. The van der Waals surface area contributed by atoms with Crippen LogP contribution in [0, 0.1) is 5.92 Å². The van der Waals surface area contributed by atoms with E-state index in [-0.39, 0.29) is 5.60 Å². The maximum atomic E-state index is 5.70. The molecule has 0 fully saturated rings. The minimum absolute atomic E-state index is 0.0325. The van der Waals surface area contributed by atoms with E-state index in [0.717, 1.165) is 12.5 Å². The molecule has 0 aromatic carbocycles. The van der Waals surface area contributed by atoms with Gasteiger partial charge >= 0.3 is 0 Å². The van der Waals surface area contributed by atoms with E-state index in [1.54, 1.807) is 0 Å². The summed E-state index contributed by atoms with van der Waals surface area (Å²) in [7, 11) is 0. The molecule has 1 aliphatic carbocycles. The van der Waals surface area contributed by atoms with Gasteiger partial charge in [0.2, 0.25) is 0 Å². The summed E-state index contributed by atoms with van der Waals surface area (Å²) in [5.41, 5.74) is 0.0325. The Balaban J connectivity index is 1.97. The molecule has 1 aliphatic rings. The molecule has 0 amide bonds. The predicted octanol–water partition coefficient (Wildman–Crippen LogP) is 4.33. The first-order valence-corrected chi connectivity index (χ1v) is 6.38. The fourth-order valence-electron chi connectivity index (χ4n) is 2.01. The van der Waals surface area contributed by atoms with Gasteiger partial charge in [0.05, 0.1) is 5.60 Å². The fourth-order valence-corrected chi connectivity index (χ4v) is 2.01. The Bertz CT molecular complexity index is 188. The van der Waals surface area contributed by atoms with Crippen molar-refractivity contribution in [2.24, 2.45) is 5.92 Å². The van der Waals surface area contributed by atoms with Crippen molar-refractivity contribution in [1.82, 2.24) is 0 Å². The fraction of sp³-hybridized carbons (Fsp3) is 0.857. The summed E-state index contributed by atoms with van der Waals surface area (Å²) in [4.78, 5) is 0. The molecule has 1 unspecified atom stereocenters. The second-order valence-corrected chi connectivity index (χ2v) is 5.58. The lowest BCUT2D eigenvalue weighted by Gasteiger charge is -2.20. The van der Waals surface area contributed by atoms with Gasteiger partial charge in [0.25, 0.3) is 0 Å². The molecule has 0 N–H and O–H groups in total. The zero-order chi connectivity index (χ0) is 11.1. The van der Waals surface area contributed by atoms with E-state index in [9.17, 15) is 0 Å². The average Bonchev–Trinajstić information content (AvgIpc) is 2.17. The van der Waals surface area contributed by atoms with Crippen molar-refractivity contribution in [3.05, 3.63) is 12.2 Å². The van der Waals surface area contributed by atoms with Crippen LogP contribution in [0.5, 0.6) is 0 Å². The maximum Gasteiger partial charge on any atom is 0.0598 e. The molecule has 1 nitrogen and oxygen atoms in total. The summed E-state index contributed by atoms with van der Waals surface area (Å²) in [6, 6.07) is 0. The molecular weight excluding hydrogens is 184 g/mol. The first-order chi connectivity index (χ1) is 7.08. The maximum absolute atomic E-state index is 5.70. The molecule has 0 saturated heterocycles. The number of ether oxygens (including phenoxy) is 1. The zero-order valence-electron chi connectivity index (χ0n) is 10.6. The Hall–Kier alpha value is -0.300. The van der Waals surface area contributed by atoms with Crippen molar-refractivity contribution in [2.75, 3.05) is 6.61 Å². The molecule has 15 heavy (non-hydrogen) atoms. The largest absolute Gasteiger partial charge is 0.376 e. The Morgan fingerprint density at radius 3 is 2.67 bits per heavy atom. The second-order valence-electron chi connectivity index (χ2n) is 5.58. The van der Waals surface area contributed by atoms with Crippen molar-refractivity contribution < 1.29 is 4.74 Å². The summed E-state index contributed by atoms with van der Waals surface area (Å²) in [5.74, 6) is 0.855. The molecule has 0 aromatic heterocycles. The molecule has 0 spiro atoms. The van der Waals surface area contributed by atoms with E-state index in [0.29, 0.717) is 0 Å². The van der Waals surface area contributed by atoms with E-state index in [1.807, 2.05) is 0 Å². The van der Waals surface area contributed by atoms with Crippen LogP contribution in [-0.2, 0) is 4.74 Å². The van der Waals surface area contributed by atoms with E-state index in [4.69, 9.17) is 4.74 Å². The normalized spacial score (nSPS) is 21.9. The molecule has 88 valence electrons. The van der Waals surface area contributed by atoms with Crippen molar-refractivity contribution in [2.45, 2.75) is 64.9 Å². The smallest absolute Gasteiger partial charge is 0.0598 e. The number of allylic oxidation sites excluding steroid dienone is 2. The van der Waals surface area contributed by atoms with Crippen LogP contribution in [0.3, 0.4) is 0 Å². The molecule has 1 heteroatoms. The average molecular weight is 210 g/mol. The van der Waals surface area contributed by atoms with Crippen molar-refractivity contribution in [1.29, 1.82) is 0 Å². The van der Waals surface area contributed by atoms with Gasteiger partial charge in [0, 0.05) is 6.61 Å². The van der Waals surface area contributed by atoms with Gasteiger partial charge in [-0.25, -0.2) is 0 Å². The Morgan fingerprint density at radius 2 is 2.07 bits per heavy atom. The van der Waals surface area contributed by atoms with Gasteiger partial charge in [-0.1, -0.05) is 18.6 Å². The number of unbranched alkanes of at least 4 members (excludes halogenated alkanes) is 1. The summed E-state index contributed by atoms with van der Waals surface area (Å²) in [5, 5.41) is 0. The lowest BCUT2D eigenvalue weighted by atomic mass is 9.91. The highest BCUT2D eigenvalue weighted by atomic mass is 16.5. The van der Waals surface area contributed by atoms with Gasteiger partial charge < -0.3 is 4.74 Å². The molecule has 0 saturated carbocycles. The van der Waals surface area contributed by atoms with Crippen LogP contribution in [0.1, 0.15) is 59.3 Å². The summed E-state index contributed by atoms with van der Waals surface area (Å²) in [6.45, 7) is 7.28. The first-order valence-electron chi connectivity index (χ1n) is 6.38. The van der Waals surface area contributed by atoms with Gasteiger partial charge in [0.1, 0.15) is 0 Å². The lowest BCUT2D eigenvalue weighted by molar-refractivity contribution is -0.00493. The highest BCUT2D eigenvalue weighted by Gasteiger charge is 2.10. The standard InChI is InChI=1S/C14H26O/c1-14(2,3)15-12-8-7-11-13-9-5-4-6-10-13/h5,9,13H,4,6-8,10-12H2,1-3H3. The Kier molecular flexibility index (Phi) is 5.38. The van der Waals surface area contributed by atoms with Gasteiger partial charge in [-0.3, -0.25) is 0 Å². The van der Waals surface area contributed by atoms with Crippen molar-refractivity contribution in [3.8, 4) is 0 Å². The van der Waals surface area contributed by atoms with Crippen LogP contribution in [0.2, 0.25) is 0 Å². The van der Waals surface area contributed by atoms with Gasteiger partial charge in [-0.05, 0) is 58.8 Å². The predicted molar refractivity (Wildman–Crippen MR) is 66.0 cm³/mol. The van der Waals surface area contributed by atoms with Crippen LogP contribution < -0.4 is 0 Å². The third-order valence-electron chi connectivity index (χ3n) is 2.86. The Morgan fingerprint density at radius 1 is 1.27 bits per heavy atom. The first kappa shape index (κ1) is 12.8. The molecule has 0 aliphatic heterocycles. The second kappa shape index (κ2) is 6.32.